The summed E-state index contributed by atoms with van der Waals surface area (Å²) in [5, 5.41) is 10.2. The zero-order valence-corrected chi connectivity index (χ0v) is 14.7. The Kier molecular flexibility index (Phi) is 3.67. The van der Waals surface area contributed by atoms with Crippen LogP contribution in [0.5, 0.6) is 0 Å². The maximum atomic E-state index is 12.1. The number of carbonyl (C=O) groups excluding carboxylic acids is 2. The van der Waals surface area contributed by atoms with Gasteiger partial charge in [-0.3, -0.25) is 14.9 Å². The standard InChI is InChI=1S/C20H19N5O2/c26-18(21-15-10-11-15)13-6-4-12(5-7-13)16-2-1-3-17-22-20(24-25(16)17)23-19(27)14-8-9-14/h1-7,14-15H,8-11H2,(H,21,26)(H,23,24,27). The van der Waals surface area contributed by atoms with Crippen molar-refractivity contribution >= 4 is 23.4 Å². The number of hydrogen-bond donors (Lipinski definition) is 2. The number of fused-ring (bicyclic) bond motifs is 1. The van der Waals surface area contributed by atoms with Crippen LogP contribution in [0, 0.1) is 5.92 Å². The second-order valence-electron chi connectivity index (χ2n) is 7.21. The number of amides is 2. The van der Waals surface area contributed by atoms with Crippen molar-refractivity contribution in [1.82, 2.24) is 19.9 Å². The molecule has 0 aliphatic heterocycles. The van der Waals surface area contributed by atoms with Gasteiger partial charge in [0.15, 0.2) is 5.65 Å². The van der Waals surface area contributed by atoms with E-state index in [4.69, 9.17) is 0 Å². The summed E-state index contributed by atoms with van der Waals surface area (Å²) in [6, 6.07) is 13.5. The van der Waals surface area contributed by atoms with Crippen molar-refractivity contribution in [3.63, 3.8) is 0 Å². The molecule has 136 valence electrons. The number of benzene rings is 1. The minimum absolute atomic E-state index is 0.0153. The average molecular weight is 361 g/mol. The number of carbonyl (C=O) groups is 2. The molecule has 2 amide bonds. The fourth-order valence-electron chi connectivity index (χ4n) is 3.02. The first-order valence-corrected chi connectivity index (χ1v) is 9.25. The van der Waals surface area contributed by atoms with E-state index in [0.717, 1.165) is 36.9 Å². The van der Waals surface area contributed by atoms with Crippen LogP contribution in [0.3, 0.4) is 0 Å². The first kappa shape index (κ1) is 16.0. The molecule has 2 fully saturated rings. The molecular formula is C20H19N5O2. The predicted octanol–water partition coefficient (Wildman–Crippen LogP) is 2.64. The molecule has 0 spiro atoms. The fraction of sp³-hybridized carbons (Fsp3) is 0.300. The SMILES string of the molecule is O=C(NC1CC1)c1ccc(-c2cccc3nc(NC(=O)C4CC4)nn23)cc1. The molecule has 2 aliphatic carbocycles. The van der Waals surface area contributed by atoms with E-state index in [9.17, 15) is 9.59 Å². The Morgan fingerprint density at radius 2 is 1.78 bits per heavy atom. The van der Waals surface area contributed by atoms with Crippen molar-refractivity contribution in [2.75, 3.05) is 5.32 Å². The molecule has 2 saturated carbocycles. The lowest BCUT2D eigenvalue weighted by molar-refractivity contribution is -0.117. The molecular weight excluding hydrogens is 342 g/mol. The molecule has 2 aliphatic rings. The van der Waals surface area contributed by atoms with Gasteiger partial charge in [-0.1, -0.05) is 18.2 Å². The Balaban J connectivity index is 1.42. The molecule has 7 nitrogen and oxygen atoms in total. The lowest BCUT2D eigenvalue weighted by Crippen LogP contribution is -2.25. The lowest BCUT2D eigenvalue weighted by atomic mass is 10.1. The van der Waals surface area contributed by atoms with Gasteiger partial charge in [0, 0.05) is 23.1 Å². The van der Waals surface area contributed by atoms with Gasteiger partial charge in [0.1, 0.15) is 0 Å². The van der Waals surface area contributed by atoms with Gasteiger partial charge in [-0.05, 0) is 49.9 Å². The van der Waals surface area contributed by atoms with Crippen LogP contribution in [0.4, 0.5) is 5.95 Å². The minimum atomic E-state index is -0.0342. The normalized spacial score (nSPS) is 16.3. The van der Waals surface area contributed by atoms with Crippen molar-refractivity contribution in [3.8, 4) is 11.3 Å². The largest absolute Gasteiger partial charge is 0.349 e. The molecule has 27 heavy (non-hydrogen) atoms. The van der Waals surface area contributed by atoms with Gasteiger partial charge >= 0.3 is 0 Å². The minimum Gasteiger partial charge on any atom is -0.349 e. The zero-order valence-electron chi connectivity index (χ0n) is 14.7. The Hall–Kier alpha value is -3.22. The summed E-state index contributed by atoms with van der Waals surface area (Å²) in [6.45, 7) is 0. The maximum absolute atomic E-state index is 12.1. The molecule has 7 heteroatoms. The third-order valence-electron chi connectivity index (χ3n) is 4.90. The number of nitrogens with zero attached hydrogens (tertiary/aromatic N) is 3. The van der Waals surface area contributed by atoms with Crippen molar-refractivity contribution < 1.29 is 9.59 Å². The molecule has 2 N–H and O–H groups in total. The van der Waals surface area contributed by atoms with Crippen LogP contribution in [0.1, 0.15) is 36.0 Å². The van der Waals surface area contributed by atoms with Crippen LogP contribution in [-0.2, 0) is 4.79 Å². The van der Waals surface area contributed by atoms with Crippen LogP contribution in [0.25, 0.3) is 16.9 Å². The van der Waals surface area contributed by atoms with E-state index in [-0.39, 0.29) is 17.7 Å². The highest BCUT2D eigenvalue weighted by Gasteiger charge is 2.30. The molecule has 3 aromatic rings. The summed E-state index contributed by atoms with van der Waals surface area (Å²) in [7, 11) is 0. The van der Waals surface area contributed by atoms with E-state index in [1.165, 1.54) is 0 Å². The summed E-state index contributed by atoms with van der Waals surface area (Å²) < 4.78 is 1.71. The summed E-state index contributed by atoms with van der Waals surface area (Å²) in [5.74, 6) is 0.372. The van der Waals surface area contributed by atoms with E-state index >= 15 is 0 Å². The Bertz CT molecular complexity index is 1030. The highest BCUT2D eigenvalue weighted by atomic mass is 16.2. The summed E-state index contributed by atoms with van der Waals surface area (Å²) in [5.41, 5.74) is 3.08. The van der Waals surface area contributed by atoms with Crippen molar-refractivity contribution in [3.05, 3.63) is 48.0 Å². The Morgan fingerprint density at radius 1 is 1.00 bits per heavy atom. The van der Waals surface area contributed by atoms with Gasteiger partial charge in [0.2, 0.25) is 11.9 Å². The van der Waals surface area contributed by atoms with Gasteiger partial charge in [0.05, 0.1) is 5.69 Å². The second-order valence-corrected chi connectivity index (χ2v) is 7.21. The Morgan fingerprint density at radius 3 is 2.48 bits per heavy atom. The van der Waals surface area contributed by atoms with E-state index in [1.807, 2.05) is 42.5 Å². The smallest absolute Gasteiger partial charge is 0.251 e. The van der Waals surface area contributed by atoms with Gasteiger partial charge in [0.25, 0.3) is 5.91 Å². The zero-order chi connectivity index (χ0) is 18.4. The molecule has 1 aromatic carbocycles. The molecule has 2 heterocycles. The lowest BCUT2D eigenvalue weighted by Gasteiger charge is -2.06. The summed E-state index contributed by atoms with van der Waals surface area (Å²) >= 11 is 0. The average Bonchev–Trinajstić information content (AvgIpc) is 3.59. The van der Waals surface area contributed by atoms with Gasteiger partial charge in [-0.25, -0.2) is 4.52 Å². The molecule has 0 saturated heterocycles. The topological polar surface area (TPSA) is 88.4 Å². The molecule has 2 aromatic heterocycles. The highest BCUT2D eigenvalue weighted by molar-refractivity contribution is 5.95. The number of aromatic nitrogens is 3. The number of nitrogens with one attached hydrogen (secondary N) is 2. The second kappa shape index (κ2) is 6.19. The third-order valence-corrected chi connectivity index (χ3v) is 4.90. The van der Waals surface area contributed by atoms with Crippen LogP contribution in [0.2, 0.25) is 0 Å². The summed E-state index contributed by atoms with van der Waals surface area (Å²) in [6.07, 6.45) is 4.01. The van der Waals surface area contributed by atoms with E-state index in [0.29, 0.717) is 23.2 Å². The van der Waals surface area contributed by atoms with Crippen molar-refractivity contribution in [1.29, 1.82) is 0 Å². The third kappa shape index (κ3) is 3.28. The first-order chi connectivity index (χ1) is 13.2. The molecule has 0 atom stereocenters. The Labute approximate surface area is 155 Å². The number of hydrogen-bond acceptors (Lipinski definition) is 4. The fourth-order valence-corrected chi connectivity index (χ4v) is 3.02. The van der Waals surface area contributed by atoms with Gasteiger partial charge < -0.3 is 5.32 Å². The van der Waals surface area contributed by atoms with E-state index in [2.05, 4.69) is 20.7 Å². The molecule has 0 unspecified atom stereocenters. The van der Waals surface area contributed by atoms with Crippen LogP contribution >= 0.6 is 0 Å². The molecule has 0 radical (unpaired) electrons. The number of rotatable bonds is 5. The summed E-state index contributed by atoms with van der Waals surface area (Å²) in [4.78, 5) is 28.5. The number of anilines is 1. The van der Waals surface area contributed by atoms with E-state index in [1.54, 1.807) is 4.52 Å². The predicted molar refractivity (Wildman–Crippen MR) is 100 cm³/mol. The van der Waals surface area contributed by atoms with Crippen LogP contribution < -0.4 is 10.6 Å². The van der Waals surface area contributed by atoms with E-state index < -0.39 is 0 Å². The van der Waals surface area contributed by atoms with Gasteiger partial charge in [-0.15, -0.1) is 5.10 Å². The highest BCUT2D eigenvalue weighted by Crippen LogP contribution is 2.30. The monoisotopic (exact) mass is 361 g/mol. The van der Waals surface area contributed by atoms with Crippen LogP contribution in [0.15, 0.2) is 42.5 Å². The van der Waals surface area contributed by atoms with Crippen LogP contribution in [-0.4, -0.2) is 32.5 Å². The number of pyridine rings is 1. The van der Waals surface area contributed by atoms with Gasteiger partial charge in [-0.2, -0.15) is 4.98 Å². The maximum Gasteiger partial charge on any atom is 0.251 e. The molecule has 5 rings (SSSR count). The molecule has 0 bridgehead atoms. The first-order valence-electron chi connectivity index (χ1n) is 9.25. The van der Waals surface area contributed by atoms with Crippen molar-refractivity contribution in [2.24, 2.45) is 5.92 Å². The van der Waals surface area contributed by atoms with Crippen molar-refractivity contribution in [2.45, 2.75) is 31.7 Å². The quantitative estimate of drug-likeness (QED) is 0.731.